The fourth-order valence-electron chi connectivity index (χ4n) is 2.92. The molecule has 0 spiro atoms. The van der Waals surface area contributed by atoms with Crippen molar-refractivity contribution in [1.29, 1.82) is 5.26 Å². The maximum absolute atomic E-state index is 12.8. The van der Waals surface area contributed by atoms with E-state index in [9.17, 15) is 4.79 Å². The number of nitriles is 1. The number of carbonyl (C=O) groups is 1. The molecule has 0 saturated heterocycles. The van der Waals surface area contributed by atoms with Crippen LogP contribution in [0.5, 0.6) is 0 Å². The number of aromatic nitrogens is 2. The van der Waals surface area contributed by atoms with E-state index in [4.69, 9.17) is 9.68 Å². The fraction of sp³-hybridized carbons (Fsp3) is 0.286. The zero-order valence-corrected chi connectivity index (χ0v) is 18.4. The predicted molar refractivity (Wildman–Crippen MR) is 116 cm³/mol. The first kappa shape index (κ1) is 21.2. The van der Waals surface area contributed by atoms with Gasteiger partial charge in [-0.15, -0.1) is 0 Å². The van der Waals surface area contributed by atoms with Gasteiger partial charge in [-0.25, -0.2) is 4.98 Å². The summed E-state index contributed by atoms with van der Waals surface area (Å²) in [6.07, 6.45) is 3.71. The second-order valence-electron chi connectivity index (χ2n) is 6.27. The molecule has 0 aliphatic rings. The molecule has 0 fully saturated rings. The molecule has 0 bridgehead atoms. The van der Waals surface area contributed by atoms with Gasteiger partial charge in [0, 0.05) is 17.6 Å². The lowest BCUT2D eigenvalue weighted by Gasteiger charge is -2.20. The first-order valence-electron chi connectivity index (χ1n) is 9.23. The highest BCUT2D eigenvalue weighted by Gasteiger charge is 2.18. The van der Waals surface area contributed by atoms with Gasteiger partial charge in [0.1, 0.15) is 5.76 Å². The van der Waals surface area contributed by atoms with Crippen molar-refractivity contribution in [2.75, 3.05) is 12.3 Å². The summed E-state index contributed by atoms with van der Waals surface area (Å²) >= 11 is 4.87. The third kappa shape index (κ3) is 5.52. The monoisotopic (exact) mass is 472 g/mol. The molecule has 3 aromatic rings. The van der Waals surface area contributed by atoms with Crippen molar-refractivity contribution in [3.63, 3.8) is 0 Å². The Hall–Kier alpha value is -2.50. The SMILES string of the molecule is CCn1c(-c2ccc(Br)cc2)cnc1SCC(=O)N(CCC#N)Cc1ccco1. The summed E-state index contributed by atoms with van der Waals surface area (Å²) < 4.78 is 8.48. The van der Waals surface area contributed by atoms with Gasteiger partial charge in [0.15, 0.2) is 5.16 Å². The number of benzene rings is 1. The minimum Gasteiger partial charge on any atom is -0.467 e. The van der Waals surface area contributed by atoms with E-state index in [0.717, 1.165) is 27.4 Å². The zero-order valence-electron chi connectivity index (χ0n) is 16.0. The van der Waals surface area contributed by atoms with Gasteiger partial charge >= 0.3 is 0 Å². The maximum Gasteiger partial charge on any atom is 0.233 e. The highest BCUT2D eigenvalue weighted by Crippen LogP contribution is 2.27. The molecule has 0 unspecified atom stereocenters. The van der Waals surface area contributed by atoms with Gasteiger partial charge in [-0.05, 0) is 36.8 Å². The van der Waals surface area contributed by atoms with Crippen molar-refractivity contribution in [1.82, 2.24) is 14.5 Å². The molecule has 3 rings (SSSR count). The molecule has 0 radical (unpaired) electrons. The van der Waals surface area contributed by atoms with E-state index >= 15 is 0 Å². The number of halogens is 1. The van der Waals surface area contributed by atoms with Crippen molar-refractivity contribution in [3.8, 4) is 17.3 Å². The van der Waals surface area contributed by atoms with Crippen molar-refractivity contribution in [2.45, 2.75) is 31.6 Å². The van der Waals surface area contributed by atoms with Crippen molar-refractivity contribution < 1.29 is 9.21 Å². The van der Waals surface area contributed by atoms with Gasteiger partial charge in [-0.2, -0.15) is 5.26 Å². The van der Waals surface area contributed by atoms with E-state index in [1.165, 1.54) is 11.8 Å². The van der Waals surface area contributed by atoms with Crippen molar-refractivity contribution >= 4 is 33.6 Å². The van der Waals surface area contributed by atoms with E-state index < -0.39 is 0 Å². The van der Waals surface area contributed by atoms with Crippen LogP contribution in [0, 0.1) is 11.3 Å². The number of amides is 1. The van der Waals surface area contributed by atoms with Crippen LogP contribution in [-0.2, 0) is 17.9 Å². The Kier molecular flexibility index (Phi) is 7.55. The molecule has 150 valence electrons. The maximum atomic E-state index is 12.8. The standard InChI is InChI=1S/C21H21BrN4O2S/c1-2-26-19(16-6-8-17(22)9-7-16)13-24-21(26)29-15-20(27)25(11-4-10-23)14-18-5-3-12-28-18/h3,5-9,12-13H,2,4,11,14-15H2,1H3. The van der Waals surface area contributed by atoms with Crippen molar-refractivity contribution in [3.05, 3.63) is 59.1 Å². The van der Waals surface area contributed by atoms with Crippen LogP contribution in [0.1, 0.15) is 19.1 Å². The fourth-order valence-corrected chi connectivity index (χ4v) is 4.13. The number of hydrogen-bond acceptors (Lipinski definition) is 5. The molecule has 1 amide bonds. The highest BCUT2D eigenvalue weighted by molar-refractivity contribution is 9.10. The summed E-state index contributed by atoms with van der Waals surface area (Å²) in [5.74, 6) is 0.912. The van der Waals surface area contributed by atoms with Crippen LogP contribution in [0.4, 0.5) is 0 Å². The quantitative estimate of drug-likeness (QED) is 0.411. The normalized spacial score (nSPS) is 10.7. The van der Waals surface area contributed by atoms with E-state index in [0.29, 0.717) is 18.8 Å². The lowest BCUT2D eigenvalue weighted by Crippen LogP contribution is -2.32. The molecular formula is C21H21BrN4O2S. The molecule has 0 N–H and O–H groups in total. The third-order valence-electron chi connectivity index (χ3n) is 4.37. The largest absolute Gasteiger partial charge is 0.467 e. The van der Waals surface area contributed by atoms with Crippen molar-refractivity contribution in [2.24, 2.45) is 0 Å². The molecule has 2 aromatic heterocycles. The number of hydrogen-bond donors (Lipinski definition) is 0. The number of nitrogens with zero attached hydrogens (tertiary/aromatic N) is 4. The minimum atomic E-state index is -0.0440. The Morgan fingerprint density at radius 2 is 2.14 bits per heavy atom. The minimum absolute atomic E-state index is 0.0440. The van der Waals surface area contributed by atoms with Crippen LogP contribution in [0.3, 0.4) is 0 Å². The summed E-state index contributed by atoms with van der Waals surface area (Å²) in [7, 11) is 0. The van der Waals surface area contributed by atoms with Gasteiger partial charge in [-0.3, -0.25) is 4.79 Å². The first-order valence-corrected chi connectivity index (χ1v) is 11.0. The molecule has 2 heterocycles. The van der Waals surface area contributed by atoms with E-state index in [2.05, 4.69) is 38.5 Å². The van der Waals surface area contributed by atoms with Gasteiger partial charge in [0.25, 0.3) is 0 Å². The number of furan rings is 1. The number of carbonyl (C=O) groups excluding carboxylic acids is 1. The highest BCUT2D eigenvalue weighted by atomic mass is 79.9. The first-order chi connectivity index (χ1) is 14.1. The Morgan fingerprint density at radius 3 is 2.79 bits per heavy atom. The van der Waals surface area contributed by atoms with Gasteiger partial charge in [-0.1, -0.05) is 39.8 Å². The Labute approximate surface area is 182 Å². The molecule has 29 heavy (non-hydrogen) atoms. The summed E-state index contributed by atoms with van der Waals surface area (Å²) in [4.78, 5) is 19.0. The second kappa shape index (κ2) is 10.3. The summed E-state index contributed by atoms with van der Waals surface area (Å²) in [6, 6.07) is 13.8. The van der Waals surface area contributed by atoms with Crippen LogP contribution in [-0.4, -0.2) is 32.7 Å². The smallest absolute Gasteiger partial charge is 0.233 e. The van der Waals surface area contributed by atoms with Gasteiger partial charge in [0.05, 0.1) is 42.9 Å². The lowest BCUT2D eigenvalue weighted by atomic mass is 10.2. The topological polar surface area (TPSA) is 75.1 Å². The molecule has 1 aromatic carbocycles. The van der Waals surface area contributed by atoms with Crippen LogP contribution < -0.4 is 0 Å². The molecule has 8 heteroatoms. The summed E-state index contributed by atoms with van der Waals surface area (Å²) in [5.41, 5.74) is 2.10. The average molecular weight is 473 g/mol. The summed E-state index contributed by atoms with van der Waals surface area (Å²) in [5, 5.41) is 9.70. The van der Waals surface area contributed by atoms with Gasteiger partial charge in [0.2, 0.25) is 5.91 Å². The number of imidazole rings is 1. The Morgan fingerprint density at radius 1 is 1.34 bits per heavy atom. The Balaban J connectivity index is 1.69. The molecule has 0 aliphatic carbocycles. The van der Waals surface area contributed by atoms with Crippen LogP contribution in [0.2, 0.25) is 0 Å². The average Bonchev–Trinajstić information content (AvgIpc) is 3.39. The number of rotatable bonds is 9. The van der Waals surface area contributed by atoms with Gasteiger partial charge < -0.3 is 13.9 Å². The predicted octanol–water partition coefficient (Wildman–Crippen LogP) is 4.96. The molecular weight excluding hydrogens is 452 g/mol. The molecule has 0 aliphatic heterocycles. The molecule has 0 atom stereocenters. The summed E-state index contributed by atoms with van der Waals surface area (Å²) in [6.45, 7) is 3.56. The lowest BCUT2D eigenvalue weighted by molar-refractivity contribution is -0.129. The third-order valence-corrected chi connectivity index (χ3v) is 5.88. The van der Waals surface area contributed by atoms with Crippen LogP contribution in [0.15, 0.2) is 62.9 Å². The van der Waals surface area contributed by atoms with E-state index in [-0.39, 0.29) is 18.1 Å². The number of thioether (sulfide) groups is 1. The van der Waals surface area contributed by atoms with E-state index in [1.54, 1.807) is 17.2 Å². The van der Waals surface area contributed by atoms with Crippen LogP contribution in [0.25, 0.3) is 11.3 Å². The second-order valence-corrected chi connectivity index (χ2v) is 8.13. The molecule has 0 saturated carbocycles. The Bertz CT molecular complexity index is 977. The van der Waals surface area contributed by atoms with E-state index in [1.807, 2.05) is 36.5 Å². The van der Waals surface area contributed by atoms with Crippen LogP contribution >= 0.6 is 27.7 Å². The molecule has 6 nitrogen and oxygen atoms in total. The zero-order chi connectivity index (χ0) is 20.6.